The fourth-order valence-electron chi connectivity index (χ4n) is 3.16. The molecule has 0 aliphatic carbocycles. The lowest BCUT2D eigenvalue weighted by Gasteiger charge is -2.13. The van der Waals surface area contributed by atoms with Gasteiger partial charge in [-0.3, -0.25) is 4.79 Å². The smallest absolute Gasteiger partial charge is 0.197 e. The van der Waals surface area contributed by atoms with Gasteiger partial charge in [-0.15, -0.1) is 0 Å². The number of phenolic OH excluding ortho intramolecular Hbond substituents is 1. The van der Waals surface area contributed by atoms with E-state index in [1.165, 1.54) is 26.4 Å². The molecule has 3 aromatic rings. The molecule has 6 heteroatoms. The van der Waals surface area contributed by atoms with Crippen molar-refractivity contribution in [2.45, 2.75) is 19.8 Å². The molecule has 0 atom stereocenters. The number of hydrogen-bond acceptors (Lipinski definition) is 6. The summed E-state index contributed by atoms with van der Waals surface area (Å²) < 4.78 is 21.9. The Labute approximate surface area is 156 Å². The van der Waals surface area contributed by atoms with Crippen molar-refractivity contribution < 1.29 is 23.7 Å². The zero-order valence-electron chi connectivity index (χ0n) is 15.8. The van der Waals surface area contributed by atoms with Crippen molar-refractivity contribution in [2.24, 2.45) is 0 Å². The van der Waals surface area contributed by atoms with Crippen LogP contribution in [0.4, 0.5) is 0 Å². The average molecular weight is 370 g/mol. The minimum absolute atomic E-state index is 0.0498. The van der Waals surface area contributed by atoms with Crippen LogP contribution in [0.25, 0.3) is 22.3 Å². The van der Waals surface area contributed by atoms with E-state index in [-0.39, 0.29) is 16.8 Å². The molecule has 142 valence electrons. The Morgan fingerprint density at radius 2 is 1.74 bits per heavy atom. The minimum Gasteiger partial charge on any atom is -0.507 e. The topological polar surface area (TPSA) is 78.1 Å². The van der Waals surface area contributed by atoms with Crippen LogP contribution >= 0.6 is 0 Å². The molecular formula is C21H22O6. The van der Waals surface area contributed by atoms with Gasteiger partial charge in [0.1, 0.15) is 28.2 Å². The first-order valence-electron chi connectivity index (χ1n) is 8.63. The second-order valence-electron chi connectivity index (χ2n) is 6.08. The van der Waals surface area contributed by atoms with E-state index in [0.717, 1.165) is 6.42 Å². The third kappa shape index (κ3) is 3.30. The third-order valence-corrected chi connectivity index (χ3v) is 4.43. The van der Waals surface area contributed by atoms with Crippen LogP contribution in [0.2, 0.25) is 0 Å². The molecule has 0 fully saturated rings. The van der Waals surface area contributed by atoms with Crippen molar-refractivity contribution >= 4 is 11.0 Å². The molecule has 27 heavy (non-hydrogen) atoms. The van der Waals surface area contributed by atoms with Crippen molar-refractivity contribution in [1.82, 2.24) is 0 Å². The zero-order valence-corrected chi connectivity index (χ0v) is 15.8. The zero-order chi connectivity index (χ0) is 19.6. The van der Waals surface area contributed by atoms with Crippen molar-refractivity contribution in [3.05, 3.63) is 46.1 Å². The van der Waals surface area contributed by atoms with Gasteiger partial charge in [-0.1, -0.05) is 13.3 Å². The molecule has 0 spiro atoms. The number of fused-ring (bicyclic) bond motifs is 1. The summed E-state index contributed by atoms with van der Waals surface area (Å²) in [5.41, 5.74) is 1.29. The first kappa shape index (κ1) is 18.6. The summed E-state index contributed by atoms with van der Waals surface area (Å²) in [6.07, 6.45) is 1.41. The Hall–Kier alpha value is -3.15. The van der Waals surface area contributed by atoms with Gasteiger partial charge in [0.15, 0.2) is 16.9 Å². The highest BCUT2D eigenvalue weighted by Crippen LogP contribution is 2.38. The summed E-state index contributed by atoms with van der Waals surface area (Å²) in [4.78, 5) is 12.8. The highest BCUT2D eigenvalue weighted by Gasteiger charge is 2.19. The maximum absolute atomic E-state index is 12.8. The fourth-order valence-corrected chi connectivity index (χ4v) is 3.16. The third-order valence-electron chi connectivity index (χ3n) is 4.43. The highest BCUT2D eigenvalue weighted by molar-refractivity contribution is 5.88. The molecular weight excluding hydrogens is 348 g/mol. The van der Waals surface area contributed by atoms with Gasteiger partial charge >= 0.3 is 0 Å². The van der Waals surface area contributed by atoms with Gasteiger partial charge in [-0.2, -0.15) is 0 Å². The van der Waals surface area contributed by atoms with Gasteiger partial charge in [0, 0.05) is 23.3 Å². The van der Waals surface area contributed by atoms with Gasteiger partial charge in [-0.25, -0.2) is 0 Å². The van der Waals surface area contributed by atoms with Crippen molar-refractivity contribution in [1.29, 1.82) is 0 Å². The highest BCUT2D eigenvalue weighted by atomic mass is 16.5. The molecule has 3 rings (SSSR count). The Kier molecular flexibility index (Phi) is 5.26. The number of rotatable bonds is 6. The SMILES string of the molecule is CCCc1c(O)cc2oc(-c3ccc(OC)c(OC)c3)cc(=O)c2c1OC. The predicted octanol–water partition coefficient (Wildman–Crippen LogP) is 4.14. The van der Waals surface area contributed by atoms with Crippen LogP contribution in [0.3, 0.4) is 0 Å². The minimum atomic E-state index is -0.241. The van der Waals surface area contributed by atoms with Crippen LogP contribution in [0, 0.1) is 0 Å². The van der Waals surface area contributed by atoms with E-state index < -0.39 is 0 Å². The van der Waals surface area contributed by atoms with E-state index in [1.807, 2.05) is 6.92 Å². The van der Waals surface area contributed by atoms with Crippen LogP contribution in [-0.4, -0.2) is 26.4 Å². The number of hydrogen-bond donors (Lipinski definition) is 1. The van der Waals surface area contributed by atoms with Gasteiger partial charge < -0.3 is 23.7 Å². The lowest BCUT2D eigenvalue weighted by molar-refractivity contribution is 0.355. The molecule has 0 aliphatic heterocycles. The largest absolute Gasteiger partial charge is 0.507 e. The van der Waals surface area contributed by atoms with E-state index in [2.05, 4.69) is 0 Å². The molecule has 0 bridgehead atoms. The maximum atomic E-state index is 12.8. The summed E-state index contributed by atoms with van der Waals surface area (Å²) in [6, 6.07) is 8.12. The molecule has 0 saturated heterocycles. The average Bonchev–Trinajstić information content (AvgIpc) is 2.68. The molecule has 0 radical (unpaired) electrons. The molecule has 2 aromatic carbocycles. The van der Waals surface area contributed by atoms with Crippen molar-refractivity contribution in [3.63, 3.8) is 0 Å². The van der Waals surface area contributed by atoms with Crippen molar-refractivity contribution in [2.75, 3.05) is 21.3 Å². The van der Waals surface area contributed by atoms with Crippen LogP contribution in [0.15, 0.2) is 39.5 Å². The number of benzene rings is 2. The van der Waals surface area contributed by atoms with E-state index in [0.29, 0.717) is 45.9 Å². The normalized spacial score (nSPS) is 10.8. The number of phenols is 1. The first-order valence-corrected chi connectivity index (χ1v) is 8.63. The molecule has 1 heterocycles. The molecule has 1 aromatic heterocycles. The second kappa shape index (κ2) is 7.61. The quantitative estimate of drug-likeness (QED) is 0.702. The number of ether oxygens (including phenoxy) is 3. The molecule has 0 amide bonds. The Morgan fingerprint density at radius 3 is 2.37 bits per heavy atom. The molecule has 0 aliphatic rings. The van der Waals surface area contributed by atoms with E-state index in [1.54, 1.807) is 25.3 Å². The lowest BCUT2D eigenvalue weighted by Crippen LogP contribution is -2.05. The summed E-state index contributed by atoms with van der Waals surface area (Å²) in [7, 11) is 4.57. The van der Waals surface area contributed by atoms with Crippen LogP contribution < -0.4 is 19.6 Å². The Morgan fingerprint density at radius 1 is 1.00 bits per heavy atom. The molecule has 1 N–H and O–H groups in total. The summed E-state index contributed by atoms with van der Waals surface area (Å²) in [5.74, 6) is 1.87. The van der Waals surface area contributed by atoms with Crippen LogP contribution in [0.1, 0.15) is 18.9 Å². The van der Waals surface area contributed by atoms with Gasteiger partial charge in [0.25, 0.3) is 0 Å². The number of aromatic hydroxyl groups is 1. The van der Waals surface area contributed by atoms with E-state index in [9.17, 15) is 9.90 Å². The molecule has 6 nitrogen and oxygen atoms in total. The predicted molar refractivity (Wildman–Crippen MR) is 103 cm³/mol. The second-order valence-corrected chi connectivity index (χ2v) is 6.08. The van der Waals surface area contributed by atoms with Crippen LogP contribution in [-0.2, 0) is 6.42 Å². The molecule has 0 saturated carbocycles. The summed E-state index contributed by atoms with van der Waals surface area (Å²) in [5, 5.41) is 10.7. The van der Waals surface area contributed by atoms with E-state index in [4.69, 9.17) is 18.6 Å². The summed E-state index contributed by atoms with van der Waals surface area (Å²) in [6.45, 7) is 1.99. The molecule has 0 unspecified atom stereocenters. The Bertz CT molecular complexity index is 1040. The van der Waals surface area contributed by atoms with Gasteiger partial charge in [0.2, 0.25) is 0 Å². The van der Waals surface area contributed by atoms with Crippen LogP contribution in [0.5, 0.6) is 23.0 Å². The maximum Gasteiger partial charge on any atom is 0.197 e. The lowest BCUT2D eigenvalue weighted by atomic mass is 10.0. The standard InChI is InChI=1S/C21H22O6/c1-5-6-13-14(22)10-19-20(21(13)26-4)15(23)11-17(27-19)12-7-8-16(24-2)18(9-12)25-3/h7-11,22H,5-6H2,1-4H3. The summed E-state index contributed by atoms with van der Waals surface area (Å²) >= 11 is 0. The van der Waals surface area contributed by atoms with Gasteiger partial charge in [-0.05, 0) is 24.6 Å². The Balaban J connectivity index is 2.24. The van der Waals surface area contributed by atoms with E-state index >= 15 is 0 Å². The first-order chi connectivity index (χ1) is 13.0. The fraction of sp³-hybridized carbons (Fsp3) is 0.286. The monoisotopic (exact) mass is 370 g/mol. The number of methoxy groups -OCH3 is 3. The van der Waals surface area contributed by atoms with Gasteiger partial charge in [0.05, 0.1) is 21.3 Å². The van der Waals surface area contributed by atoms with Crippen molar-refractivity contribution in [3.8, 4) is 34.3 Å².